The molecule has 0 radical (unpaired) electrons. The molecule has 0 aliphatic carbocycles. The molecule has 6 nitrogen and oxygen atoms in total. The van der Waals surface area contributed by atoms with Gasteiger partial charge in [-0.15, -0.1) is 5.10 Å². The summed E-state index contributed by atoms with van der Waals surface area (Å²) >= 11 is 0. The Morgan fingerprint density at radius 1 is 1.37 bits per heavy atom. The van der Waals surface area contributed by atoms with E-state index in [1.807, 2.05) is 25.2 Å². The van der Waals surface area contributed by atoms with E-state index in [0.717, 1.165) is 29.8 Å². The molecule has 0 spiro atoms. The Bertz CT molecular complexity index is 614. The number of anilines is 1. The van der Waals surface area contributed by atoms with Gasteiger partial charge in [-0.3, -0.25) is 4.79 Å². The Hall–Kier alpha value is -2.11. The highest BCUT2D eigenvalue weighted by Gasteiger charge is 2.24. The Morgan fingerprint density at radius 3 is 2.79 bits per heavy atom. The van der Waals surface area contributed by atoms with Gasteiger partial charge in [0.2, 0.25) is 0 Å². The minimum Gasteiger partial charge on any atom is -0.481 e. The summed E-state index contributed by atoms with van der Waals surface area (Å²) in [4.78, 5) is 13.2. The van der Waals surface area contributed by atoms with Gasteiger partial charge in [-0.1, -0.05) is 5.21 Å². The molecule has 0 saturated carbocycles. The van der Waals surface area contributed by atoms with Gasteiger partial charge in [0.1, 0.15) is 5.52 Å². The molecule has 3 rings (SSSR count). The second-order valence-corrected chi connectivity index (χ2v) is 4.99. The molecule has 0 bridgehead atoms. The average Bonchev–Trinajstić information content (AvgIpc) is 2.80. The first-order valence-electron chi connectivity index (χ1n) is 6.42. The fraction of sp³-hybridized carbons (Fsp3) is 0.462. The van der Waals surface area contributed by atoms with Crippen LogP contribution in [0.25, 0.3) is 11.0 Å². The molecule has 1 aliphatic rings. The van der Waals surface area contributed by atoms with E-state index < -0.39 is 5.97 Å². The number of nitrogens with zero attached hydrogens (tertiary/aromatic N) is 4. The molecule has 6 heteroatoms. The smallest absolute Gasteiger partial charge is 0.306 e. The molecule has 1 aromatic carbocycles. The first-order valence-corrected chi connectivity index (χ1v) is 6.42. The topological polar surface area (TPSA) is 71.2 Å². The van der Waals surface area contributed by atoms with Crippen molar-refractivity contribution in [2.24, 2.45) is 13.0 Å². The van der Waals surface area contributed by atoms with E-state index >= 15 is 0 Å². The number of aryl methyl sites for hydroxylation is 1. The van der Waals surface area contributed by atoms with Crippen LogP contribution >= 0.6 is 0 Å². The summed E-state index contributed by atoms with van der Waals surface area (Å²) in [5, 5.41) is 17.1. The van der Waals surface area contributed by atoms with Crippen LogP contribution in [-0.4, -0.2) is 39.2 Å². The number of carboxylic acid groups (broad SMARTS) is 1. The molecule has 2 aromatic rings. The van der Waals surface area contributed by atoms with Crippen LogP contribution in [0.2, 0.25) is 0 Å². The summed E-state index contributed by atoms with van der Waals surface area (Å²) in [6.45, 7) is 1.56. The Kier molecular flexibility index (Phi) is 2.85. The van der Waals surface area contributed by atoms with Gasteiger partial charge in [-0.05, 0) is 31.0 Å². The van der Waals surface area contributed by atoms with Crippen LogP contribution in [-0.2, 0) is 11.8 Å². The molecule has 0 unspecified atom stereocenters. The normalized spacial score (nSPS) is 17.0. The molecule has 0 amide bonds. The van der Waals surface area contributed by atoms with Crippen molar-refractivity contribution in [3.05, 3.63) is 18.2 Å². The number of rotatable bonds is 2. The van der Waals surface area contributed by atoms with Gasteiger partial charge in [0, 0.05) is 25.8 Å². The van der Waals surface area contributed by atoms with Crippen molar-refractivity contribution in [1.29, 1.82) is 0 Å². The summed E-state index contributed by atoms with van der Waals surface area (Å²) in [5.41, 5.74) is 2.97. The standard InChI is InChI=1S/C13H16N4O2/c1-16-12-3-2-10(8-11(12)14-15-16)17-6-4-9(5-7-17)13(18)19/h2-3,8-9H,4-7H2,1H3,(H,18,19). The van der Waals surface area contributed by atoms with Crippen molar-refractivity contribution in [1.82, 2.24) is 15.0 Å². The van der Waals surface area contributed by atoms with Crippen LogP contribution in [0, 0.1) is 5.92 Å². The summed E-state index contributed by atoms with van der Waals surface area (Å²) in [6, 6.07) is 6.07. The second-order valence-electron chi connectivity index (χ2n) is 4.99. The zero-order valence-electron chi connectivity index (χ0n) is 10.8. The number of aliphatic carboxylic acids is 1. The van der Waals surface area contributed by atoms with E-state index in [9.17, 15) is 4.79 Å². The summed E-state index contributed by atoms with van der Waals surface area (Å²) < 4.78 is 1.75. The van der Waals surface area contributed by atoms with Gasteiger partial charge >= 0.3 is 5.97 Å². The van der Waals surface area contributed by atoms with Gasteiger partial charge in [-0.2, -0.15) is 0 Å². The number of aromatic nitrogens is 3. The largest absolute Gasteiger partial charge is 0.481 e. The molecule has 1 aliphatic heterocycles. The maximum atomic E-state index is 10.9. The third kappa shape index (κ3) is 2.14. The number of carbonyl (C=O) groups is 1. The highest BCUT2D eigenvalue weighted by Crippen LogP contribution is 2.25. The van der Waals surface area contributed by atoms with Crippen molar-refractivity contribution >= 4 is 22.7 Å². The lowest BCUT2D eigenvalue weighted by molar-refractivity contribution is -0.142. The summed E-state index contributed by atoms with van der Waals surface area (Å²) in [7, 11) is 1.87. The number of fused-ring (bicyclic) bond motifs is 1. The Balaban J connectivity index is 1.80. The van der Waals surface area contributed by atoms with E-state index in [0.29, 0.717) is 12.8 Å². The zero-order chi connectivity index (χ0) is 13.4. The van der Waals surface area contributed by atoms with Gasteiger partial charge in [-0.25, -0.2) is 4.68 Å². The predicted octanol–water partition coefficient (Wildman–Crippen LogP) is 1.27. The molecule has 1 saturated heterocycles. The van der Waals surface area contributed by atoms with Crippen LogP contribution in [0.5, 0.6) is 0 Å². The van der Waals surface area contributed by atoms with Gasteiger partial charge < -0.3 is 10.0 Å². The fourth-order valence-corrected chi connectivity index (χ4v) is 2.61. The maximum absolute atomic E-state index is 10.9. The van der Waals surface area contributed by atoms with Crippen molar-refractivity contribution in [2.75, 3.05) is 18.0 Å². The third-order valence-electron chi connectivity index (χ3n) is 3.80. The molecule has 1 fully saturated rings. The highest BCUT2D eigenvalue weighted by molar-refractivity contribution is 5.79. The first kappa shape index (κ1) is 12.0. The van der Waals surface area contributed by atoms with E-state index in [1.54, 1.807) is 4.68 Å². The number of hydrogen-bond acceptors (Lipinski definition) is 4. The van der Waals surface area contributed by atoms with E-state index in [4.69, 9.17) is 5.11 Å². The lowest BCUT2D eigenvalue weighted by Crippen LogP contribution is -2.36. The summed E-state index contributed by atoms with van der Waals surface area (Å²) in [6.07, 6.45) is 1.40. The van der Waals surface area contributed by atoms with E-state index in [1.165, 1.54) is 0 Å². The molecule has 0 atom stereocenters. The minimum atomic E-state index is -0.677. The maximum Gasteiger partial charge on any atom is 0.306 e. The van der Waals surface area contributed by atoms with Gasteiger partial charge in [0.25, 0.3) is 0 Å². The van der Waals surface area contributed by atoms with Gasteiger partial charge in [0.05, 0.1) is 11.4 Å². The molecular weight excluding hydrogens is 244 g/mol. The average molecular weight is 260 g/mol. The molecular formula is C13H16N4O2. The SMILES string of the molecule is Cn1nnc2cc(N3CCC(C(=O)O)CC3)ccc21. The van der Waals surface area contributed by atoms with Crippen molar-refractivity contribution in [3.63, 3.8) is 0 Å². The number of piperidine rings is 1. The number of carboxylic acids is 1. The molecule has 19 heavy (non-hydrogen) atoms. The minimum absolute atomic E-state index is 0.198. The first-order chi connectivity index (χ1) is 9.15. The van der Waals surface area contributed by atoms with Crippen LogP contribution in [0.1, 0.15) is 12.8 Å². The molecule has 2 heterocycles. The molecule has 1 aromatic heterocycles. The monoisotopic (exact) mass is 260 g/mol. The molecule has 100 valence electrons. The van der Waals surface area contributed by atoms with Crippen molar-refractivity contribution < 1.29 is 9.90 Å². The predicted molar refractivity (Wildman–Crippen MR) is 71.1 cm³/mol. The third-order valence-corrected chi connectivity index (χ3v) is 3.80. The van der Waals surface area contributed by atoms with Gasteiger partial charge in [0.15, 0.2) is 0 Å². The zero-order valence-corrected chi connectivity index (χ0v) is 10.8. The van der Waals surface area contributed by atoms with Crippen LogP contribution < -0.4 is 4.90 Å². The lowest BCUT2D eigenvalue weighted by atomic mass is 9.97. The molecule has 1 N–H and O–H groups in total. The van der Waals surface area contributed by atoms with E-state index in [2.05, 4.69) is 15.2 Å². The fourth-order valence-electron chi connectivity index (χ4n) is 2.61. The van der Waals surface area contributed by atoms with Crippen LogP contribution in [0.15, 0.2) is 18.2 Å². The lowest BCUT2D eigenvalue weighted by Gasteiger charge is -2.31. The van der Waals surface area contributed by atoms with Crippen LogP contribution in [0.3, 0.4) is 0 Å². The Labute approximate surface area is 110 Å². The van der Waals surface area contributed by atoms with Crippen LogP contribution in [0.4, 0.5) is 5.69 Å². The number of benzene rings is 1. The summed E-state index contributed by atoms with van der Waals surface area (Å²) in [5.74, 6) is -0.875. The quantitative estimate of drug-likeness (QED) is 0.880. The van der Waals surface area contributed by atoms with Crippen molar-refractivity contribution in [2.45, 2.75) is 12.8 Å². The highest BCUT2D eigenvalue weighted by atomic mass is 16.4. The second kappa shape index (κ2) is 4.53. The Morgan fingerprint density at radius 2 is 2.11 bits per heavy atom. The number of hydrogen-bond donors (Lipinski definition) is 1. The van der Waals surface area contributed by atoms with Crippen molar-refractivity contribution in [3.8, 4) is 0 Å². The van der Waals surface area contributed by atoms with E-state index in [-0.39, 0.29) is 5.92 Å².